The van der Waals surface area contributed by atoms with E-state index in [0.717, 1.165) is 26.7 Å². The quantitative estimate of drug-likeness (QED) is 0.420. The van der Waals surface area contributed by atoms with Gasteiger partial charge in [0.25, 0.3) is 11.8 Å². The third-order valence-electron chi connectivity index (χ3n) is 3.19. The lowest BCUT2D eigenvalue weighted by molar-refractivity contribution is -0.120. The van der Waals surface area contributed by atoms with Gasteiger partial charge in [0.15, 0.2) is 4.32 Å². The number of thioether (sulfide) groups is 1. The number of hydrogen-bond donors (Lipinski definition) is 0. The first-order chi connectivity index (χ1) is 11.1. The highest BCUT2D eigenvalue weighted by atomic mass is 79.9. The Morgan fingerprint density at radius 2 is 1.74 bits per heavy atom. The molecule has 0 N–H and O–H groups in total. The van der Waals surface area contributed by atoms with Crippen LogP contribution in [-0.4, -0.2) is 21.0 Å². The SMILES string of the molecule is O=C1C(=Cc2ccccc2)SC(=S)N1C(=O)c1ccc(Br)cc1. The lowest BCUT2D eigenvalue weighted by Crippen LogP contribution is -2.34. The van der Waals surface area contributed by atoms with Gasteiger partial charge in [-0.2, -0.15) is 0 Å². The van der Waals surface area contributed by atoms with E-state index in [1.54, 1.807) is 30.3 Å². The molecule has 1 heterocycles. The first-order valence-corrected chi connectivity index (χ1v) is 8.71. The van der Waals surface area contributed by atoms with Gasteiger partial charge in [-0.25, -0.2) is 4.90 Å². The molecule has 2 aromatic rings. The van der Waals surface area contributed by atoms with Gasteiger partial charge in [0, 0.05) is 10.0 Å². The lowest BCUT2D eigenvalue weighted by Gasteiger charge is -2.12. The molecule has 0 atom stereocenters. The van der Waals surface area contributed by atoms with E-state index in [1.807, 2.05) is 30.3 Å². The molecule has 0 unspecified atom stereocenters. The Morgan fingerprint density at radius 1 is 1.09 bits per heavy atom. The number of amides is 2. The Kier molecular flexibility index (Phi) is 4.75. The van der Waals surface area contributed by atoms with E-state index in [2.05, 4.69) is 15.9 Å². The van der Waals surface area contributed by atoms with Crippen LogP contribution in [0, 0.1) is 0 Å². The number of imide groups is 1. The molecule has 1 fully saturated rings. The maximum Gasteiger partial charge on any atom is 0.273 e. The molecule has 0 aliphatic carbocycles. The first-order valence-electron chi connectivity index (χ1n) is 6.69. The minimum Gasteiger partial charge on any atom is -0.268 e. The van der Waals surface area contributed by atoms with Crippen molar-refractivity contribution in [1.29, 1.82) is 0 Å². The zero-order valence-electron chi connectivity index (χ0n) is 11.7. The van der Waals surface area contributed by atoms with Crippen molar-refractivity contribution in [3.8, 4) is 0 Å². The highest BCUT2D eigenvalue weighted by Gasteiger charge is 2.37. The van der Waals surface area contributed by atoms with Crippen molar-refractivity contribution in [2.75, 3.05) is 0 Å². The third-order valence-corrected chi connectivity index (χ3v) is 5.02. The Balaban J connectivity index is 1.88. The fourth-order valence-electron chi connectivity index (χ4n) is 2.07. The van der Waals surface area contributed by atoms with Crippen LogP contribution in [0.2, 0.25) is 0 Å². The average Bonchev–Trinajstić information content (AvgIpc) is 2.82. The van der Waals surface area contributed by atoms with Crippen molar-refractivity contribution < 1.29 is 9.59 Å². The zero-order chi connectivity index (χ0) is 16.4. The van der Waals surface area contributed by atoms with Crippen LogP contribution in [0.1, 0.15) is 15.9 Å². The van der Waals surface area contributed by atoms with Crippen molar-refractivity contribution in [3.63, 3.8) is 0 Å². The smallest absolute Gasteiger partial charge is 0.268 e. The molecule has 0 spiro atoms. The summed E-state index contributed by atoms with van der Waals surface area (Å²) in [6.07, 6.45) is 1.74. The predicted octanol–water partition coefficient (Wildman–Crippen LogP) is 4.49. The van der Waals surface area contributed by atoms with E-state index >= 15 is 0 Å². The summed E-state index contributed by atoms with van der Waals surface area (Å²) >= 11 is 9.67. The maximum absolute atomic E-state index is 12.5. The minimum absolute atomic E-state index is 0.255. The second-order valence-electron chi connectivity index (χ2n) is 4.74. The average molecular weight is 404 g/mol. The van der Waals surface area contributed by atoms with Gasteiger partial charge in [-0.1, -0.05) is 70.2 Å². The third kappa shape index (κ3) is 3.44. The number of halogens is 1. The Labute approximate surface area is 151 Å². The number of rotatable bonds is 2. The van der Waals surface area contributed by atoms with Crippen molar-refractivity contribution in [2.45, 2.75) is 0 Å². The van der Waals surface area contributed by atoms with Gasteiger partial charge in [-0.3, -0.25) is 9.59 Å². The number of carbonyl (C=O) groups is 2. The molecule has 114 valence electrons. The molecule has 23 heavy (non-hydrogen) atoms. The van der Waals surface area contributed by atoms with Gasteiger partial charge in [0.2, 0.25) is 0 Å². The van der Waals surface area contributed by atoms with Crippen LogP contribution in [0.25, 0.3) is 6.08 Å². The van der Waals surface area contributed by atoms with Crippen molar-refractivity contribution in [3.05, 3.63) is 75.1 Å². The van der Waals surface area contributed by atoms with Crippen LogP contribution >= 0.6 is 39.9 Å². The van der Waals surface area contributed by atoms with Gasteiger partial charge >= 0.3 is 0 Å². The fraction of sp³-hybridized carbons (Fsp3) is 0. The summed E-state index contributed by atoms with van der Waals surface area (Å²) in [5, 5.41) is 0. The second-order valence-corrected chi connectivity index (χ2v) is 7.33. The number of thiocarbonyl (C=S) groups is 1. The molecule has 3 nitrogen and oxygen atoms in total. The number of hydrogen-bond acceptors (Lipinski definition) is 4. The zero-order valence-corrected chi connectivity index (χ0v) is 15.0. The van der Waals surface area contributed by atoms with Crippen molar-refractivity contribution in [2.24, 2.45) is 0 Å². The molecule has 0 radical (unpaired) electrons. The Morgan fingerprint density at radius 3 is 2.39 bits per heavy atom. The van der Waals surface area contributed by atoms with Crippen LogP contribution in [-0.2, 0) is 4.79 Å². The van der Waals surface area contributed by atoms with E-state index < -0.39 is 5.91 Å². The van der Waals surface area contributed by atoms with Crippen LogP contribution in [0.3, 0.4) is 0 Å². The number of nitrogens with zero attached hydrogens (tertiary/aromatic N) is 1. The van der Waals surface area contributed by atoms with E-state index in [1.165, 1.54) is 0 Å². The van der Waals surface area contributed by atoms with Gasteiger partial charge in [-0.15, -0.1) is 0 Å². The van der Waals surface area contributed by atoms with Crippen molar-refractivity contribution in [1.82, 2.24) is 4.90 Å². The number of carbonyl (C=O) groups excluding carboxylic acids is 2. The monoisotopic (exact) mass is 403 g/mol. The topological polar surface area (TPSA) is 37.4 Å². The molecule has 6 heteroatoms. The predicted molar refractivity (Wildman–Crippen MR) is 99.9 cm³/mol. The molecule has 0 aromatic heterocycles. The lowest BCUT2D eigenvalue weighted by atomic mass is 10.2. The molecule has 3 rings (SSSR count). The van der Waals surface area contributed by atoms with Gasteiger partial charge in [-0.05, 0) is 35.9 Å². The van der Waals surface area contributed by atoms with E-state index in [0.29, 0.717) is 10.5 Å². The summed E-state index contributed by atoms with van der Waals surface area (Å²) in [4.78, 5) is 26.6. The molecular weight excluding hydrogens is 394 g/mol. The van der Waals surface area contributed by atoms with Crippen LogP contribution in [0.5, 0.6) is 0 Å². The van der Waals surface area contributed by atoms with Crippen LogP contribution in [0.15, 0.2) is 64.0 Å². The molecule has 1 aliphatic rings. The highest BCUT2D eigenvalue weighted by molar-refractivity contribution is 9.10. The largest absolute Gasteiger partial charge is 0.273 e. The Bertz CT molecular complexity index is 816. The van der Waals surface area contributed by atoms with Crippen LogP contribution < -0.4 is 0 Å². The molecular formula is C17H10BrNO2S2. The molecule has 0 saturated carbocycles. The highest BCUT2D eigenvalue weighted by Crippen LogP contribution is 2.33. The maximum atomic E-state index is 12.5. The summed E-state index contributed by atoms with van der Waals surface area (Å²) in [5.74, 6) is -0.784. The molecule has 2 amide bonds. The Hall–Kier alpha value is -1.76. The summed E-state index contributed by atoms with van der Waals surface area (Å²) in [6, 6.07) is 16.3. The standard InChI is InChI=1S/C17H10BrNO2S2/c18-13-8-6-12(7-9-13)15(20)19-16(21)14(23-17(19)22)10-11-4-2-1-3-5-11/h1-10H. The normalized spacial score (nSPS) is 16.2. The molecule has 1 saturated heterocycles. The second kappa shape index (κ2) is 6.78. The summed E-state index contributed by atoms with van der Waals surface area (Å²) in [7, 11) is 0. The summed E-state index contributed by atoms with van der Waals surface area (Å²) in [6.45, 7) is 0. The van der Waals surface area contributed by atoms with Crippen molar-refractivity contribution >= 4 is 62.1 Å². The van der Waals surface area contributed by atoms with Gasteiger partial charge < -0.3 is 0 Å². The van der Waals surface area contributed by atoms with E-state index in [-0.39, 0.29) is 10.2 Å². The van der Waals surface area contributed by atoms with Gasteiger partial charge in [0.05, 0.1) is 4.91 Å². The molecule has 2 aromatic carbocycles. The summed E-state index contributed by atoms with van der Waals surface area (Å²) < 4.78 is 1.12. The molecule has 1 aliphatic heterocycles. The first kappa shape index (κ1) is 16.1. The number of benzene rings is 2. The van der Waals surface area contributed by atoms with E-state index in [9.17, 15) is 9.59 Å². The van der Waals surface area contributed by atoms with Crippen LogP contribution in [0.4, 0.5) is 0 Å². The van der Waals surface area contributed by atoms with E-state index in [4.69, 9.17) is 12.2 Å². The van der Waals surface area contributed by atoms with Gasteiger partial charge in [0.1, 0.15) is 0 Å². The molecule has 0 bridgehead atoms. The fourth-order valence-corrected chi connectivity index (χ4v) is 3.58. The minimum atomic E-state index is -0.406. The summed E-state index contributed by atoms with van der Waals surface area (Å²) in [5.41, 5.74) is 1.31.